The second-order valence-corrected chi connectivity index (χ2v) is 5.64. The van der Waals surface area contributed by atoms with Gasteiger partial charge in [-0.1, -0.05) is 6.07 Å². The van der Waals surface area contributed by atoms with Crippen LogP contribution in [0.15, 0.2) is 30.6 Å². The van der Waals surface area contributed by atoms with Gasteiger partial charge in [-0.2, -0.15) is 0 Å². The van der Waals surface area contributed by atoms with Crippen molar-refractivity contribution in [2.45, 2.75) is 43.4 Å². The van der Waals surface area contributed by atoms with Crippen LogP contribution < -0.4 is 5.32 Å². The van der Waals surface area contributed by atoms with Crippen molar-refractivity contribution in [2.24, 2.45) is 0 Å². The fourth-order valence-electron chi connectivity index (χ4n) is 3.66. The third kappa shape index (κ3) is 1.42. The number of nitrogens with zero attached hydrogens (tertiary/aromatic N) is 2. The summed E-state index contributed by atoms with van der Waals surface area (Å²) >= 11 is 0. The van der Waals surface area contributed by atoms with Crippen LogP contribution in [0, 0.1) is 0 Å². The summed E-state index contributed by atoms with van der Waals surface area (Å²) in [5.74, 6) is 0. The maximum absolute atomic E-state index is 11.1. The number of piperidine rings is 1. The van der Waals surface area contributed by atoms with Crippen molar-refractivity contribution in [1.29, 1.82) is 0 Å². The van der Waals surface area contributed by atoms with Crippen molar-refractivity contribution in [2.75, 3.05) is 0 Å². The van der Waals surface area contributed by atoms with Crippen LogP contribution in [0.1, 0.15) is 31.4 Å². The molecule has 2 atom stereocenters. The number of hydrogen-bond donors (Lipinski definition) is 2. The van der Waals surface area contributed by atoms with Crippen molar-refractivity contribution in [3.8, 4) is 0 Å². The summed E-state index contributed by atoms with van der Waals surface area (Å²) in [5.41, 5.74) is 1.18. The average molecular weight is 243 g/mol. The molecule has 0 amide bonds. The van der Waals surface area contributed by atoms with Crippen LogP contribution in [0.3, 0.4) is 0 Å². The van der Waals surface area contributed by atoms with Gasteiger partial charge in [-0.25, -0.2) is 4.98 Å². The lowest BCUT2D eigenvalue weighted by molar-refractivity contribution is -0.0162. The van der Waals surface area contributed by atoms with Gasteiger partial charge < -0.3 is 14.8 Å². The average Bonchev–Trinajstić information content (AvgIpc) is 2.95. The van der Waals surface area contributed by atoms with Gasteiger partial charge in [0.05, 0.1) is 5.69 Å². The molecule has 0 aromatic carbocycles. The predicted octanol–water partition coefficient (Wildman–Crippen LogP) is 1.44. The fraction of sp³-hybridized carbons (Fsp3) is 0.500. The normalized spacial score (nSPS) is 35.2. The van der Waals surface area contributed by atoms with Gasteiger partial charge >= 0.3 is 0 Å². The molecule has 2 N–H and O–H groups in total. The molecular weight excluding hydrogens is 226 g/mol. The maximum atomic E-state index is 11.1. The Morgan fingerprint density at radius 1 is 1.28 bits per heavy atom. The third-order valence-electron chi connectivity index (χ3n) is 4.41. The first-order valence-corrected chi connectivity index (χ1v) is 6.66. The molecule has 2 aliphatic rings. The van der Waals surface area contributed by atoms with E-state index in [-0.39, 0.29) is 0 Å². The molecule has 4 rings (SSSR count). The standard InChI is InChI=1S/C14H17N3O/c18-14(8-10-4-5-11(9-14)16-10)12-2-1-3-13-15-6-7-17(12)13/h1-3,6-7,10-11,16,18H,4-5,8-9H2. The number of pyridine rings is 1. The Morgan fingerprint density at radius 3 is 2.83 bits per heavy atom. The van der Waals surface area contributed by atoms with Gasteiger partial charge in [0.15, 0.2) is 0 Å². The van der Waals surface area contributed by atoms with E-state index in [0.29, 0.717) is 12.1 Å². The van der Waals surface area contributed by atoms with E-state index in [9.17, 15) is 5.11 Å². The van der Waals surface area contributed by atoms with E-state index in [1.54, 1.807) is 6.20 Å². The van der Waals surface area contributed by atoms with E-state index in [1.165, 1.54) is 12.8 Å². The van der Waals surface area contributed by atoms with Crippen LogP contribution in [-0.2, 0) is 5.60 Å². The minimum atomic E-state index is -0.711. The molecule has 0 saturated carbocycles. The highest BCUT2D eigenvalue weighted by molar-refractivity contribution is 5.41. The second-order valence-electron chi connectivity index (χ2n) is 5.64. The van der Waals surface area contributed by atoms with Crippen LogP contribution in [0.4, 0.5) is 0 Å². The Bertz CT molecular complexity index is 579. The van der Waals surface area contributed by atoms with E-state index in [0.717, 1.165) is 24.2 Å². The van der Waals surface area contributed by atoms with Crippen LogP contribution in [0.2, 0.25) is 0 Å². The van der Waals surface area contributed by atoms with E-state index in [2.05, 4.69) is 10.3 Å². The third-order valence-corrected chi connectivity index (χ3v) is 4.41. The minimum Gasteiger partial charge on any atom is -0.383 e. The lowest BCUT2D eigenvalue weighted by atomic mass is 9.84. The lowest BCUT2D eigenvalue weighted by Crippen LogP contribution is -2.47. The number of rotatable bonds is 1. The molecule has 0 spiro atoms. The van der Waals surface area contributed by atoms with Crippen molar-refractivity contribution < 1.29 is 5.11 Å². The SMILES string of the molecule is OC1(c2cccc3nccn23)CC2CCC(C1)N2. The van der Waals surface area contributed by atoms with Gasteiger partial charge in [-0.3, -0.25) is 0 Å². The zero-order chi connectivity index (χ0) is 12.2. The van der Waals surface area contributed by atoms with Gasteiger partial charge in [0, 0.05) is 24.5 Å². The van der Waals surface area contributed by atoms with Gasteiger partial charge in [0.2, 0.25) is 0 Å². The fourth-order valence-corrected chi connectivity index (χ4v) is 3.66. The molecule has 4 heterocycles. The number of hydrogen-bond acceptors (Lipinski definition) is 3. The smallest absolute Gasteiger partial charge is 0.136 e. The maximum Gasteiger partial charge on any atom is 0.136 e. The summed E-state index contributed by atoms with van der Waals surface area (Å²) in [6.07, 6.45) is 7.71. The molecular formula is C14H17N3O. The van der Waals surface area contributed by atoms with Crippen LogP contribution in [0.25, 0.3) is 5.65 Å². The van der Waals surface area contributed by atoms with Crippen LogP contribution >= 0.6 is 0 Å². The van der Waals surface area contributed by atoms with Crippen molar-refractivity contribution >= 4 is 5.65 Å². The molecule has 2 fully saturated rings. The molecule has 2 unspecified atom stereocenters. The van der Waals surface area contributed by atoms with Crippen molar-refractivity contribution in [3.63, 3.8) is 0 Å². The van der Waals surface area contributed by atoms with Gasteiger partial charge in [-0.15, -0.1) is 0 Å². The van der Waals surface area contributed by atoms with E-state index in [4.69, 9.17) is 0 Å². The summed E-state index contributed by atoms with van der Waals surface area (Å²) < 4.78 is 2.02. The summed E-state index contributed by atoms with van der Waals surface area (Å²) in [6, 6.07) is 6.92. The Kier molecular flexibility index (Phi) is 2.08. The second kappa shape index (κ2) is 3.56. The summed E-state index contributed by atoms with van der Waals surface area (Å²) in [7, 11) is 0. The first kappa shape index (κ1) is 10.5. The Labute approximate surface area is 106 Å². The number of imidazole rings is 1. The predicted molar refractivity (Wildman–Crippen MR) is 68.3 cm³/mol. The lowest BCUT2D eigenvalue weighted by Gasteiger charge is -2.37. The van der Waals surface area contributed by atoms with E-state index >= 15 is 0 Å². The monoisotopic (exact) mass is 243 g/mol. The number of aliphatic hydroxyl groups is 1. The Balaban J connectivity index is 1.84. The molecule has 4 heteroatoms. The number of fused-ring (bicyclic) bond motifs is 3. The molecule has 0 radical (unpaired) electrons. The minimum absolute atomic E-state index is 0.465. The van der Waals surface area contributed by atoms with Crippen molar-refractivity contribution in [3.05, 3.63) is 36.3 Å². The highest BCUT2D eigenvalue weighted by atomic mass is 16.3. The Hall–Kier alpha value is -1.39. The highest BCUT2D eigenvalue weighted by Gasteiger charge is 2.44. The highest BCUT2D eigenvalue weighted by Crippen LogP contribution is 2.40. The quantitative estimate of drug-likeness (QED) is 0.796. The molecule has 2 saturated heterocycles. The summed E-state index contributed by atoms with van der Waals surface area (Å²) in [5, 5.41) is 14.6. The van der Waals surface area contributed by atoms with Gasteiger partial charge in [0.25, 0.3) is 0 Å². The molecule has 2 bridgehead atoms. The molecule has 94 valence electrons. The number of aromatic nitrogens is 2. The number of nitrogens with one attached hydrogen (secondary N) is 1. The van der Waals surface area contributed by atoms with Gasteiger partial charge in [0.1, 0.15) is 11.2 Å². The topological polar surface area (TPSA) is 49.6 Å². The Morgan fingerprint density at radius 2 is 2.06 bits per heavy atom. The molecule has 2 aromatic rings. The summed E-state index contributed by atoms with van der Waals surface area (Å²) in [6.45, 7) is 0. The van der Waals surface area contributed by atoms with Crippen LogP contribution in [0.5, 0.6) is 0 Å². The zero-order valence-corrected chi connectivity index (χ0v) is 10.2. The first-order valence-electron chi connectivity index (χ1n) is 6.66. The molecule has 4 nitrogen and oxygen atoms in total. The summed E-state index contributed by atoms with van der Waals surface area (Å²) in [4.78, 5) is 4.30. The van der Waals surface area contributed by atoms with Gasteiger partial charge in [-0.05, 0) is 37.8 Å². The van der Waals surface area contributed by atoms with E-state index in [1.807, 2.05) is 28.8 Å². The molecule has 2 aliphatic heterocycles. The largest absolute Gasteiger partial charge is 0.383 e. The van der Waals surface area contributed by atoms with E-state index < -0.39 is 5.60 Å². The zero-order valence-electron chi connectivity index (χ0n) is 10.2. The van der Waals surface area contributed by atoms with Crippen molar-refractivity contribution in [1.82, 2.24) is 14.7 Å². The first-order chi connectivity index (χ1) is 8.74. The molecule has 18 heavy (non-hydrogen) atoms. The van der Waals surface area contributed by atoms with Crippen LogP contribution in [-0.4, -0.2) is 26.6 Å². The molecule has 2 aromatic heterocycles. The molecule has 0 aliphatic carbocycles.